The largest absolute Gasteiger partial charge is 0.334 e. The summed E-state index contributed by atoms with van der Waals surface area (Å²) in [5.74, 6) is 7.00. The van der Waals surface area contributed by atoms with Gasteiger partial charge in [-0.25, -0.2) is 0 Å². The summed E-state index contributed by atoms with van der Waals surface area (Å²) in [6.07, 6.45) is 0. The number of aryl methyl sites for hydroxylation is 1. The zero-order valence-electron chi connectivity index (χ0n) is 12.8. The Morgan fingerprint density at radius 2 is 2.24 bits per heavy atom. The van der Waals surface area contributed by atoms with E-state index in [-0.39, 0.29) is 11.9 Å². The molecule has 2 atom stereocenters. The number of rotatable bonds is 1. The molecule has 0 aromatic heterocycles. The van der Waals surface area contributed by atoms with Crippen LogP contribution in [0, 0.1) is 18.8 Å². The number of hydrogen-bond acceptors (Lipinski definition) is 3. The minimum Gasteiger partial charge on any atom is -0.334 e. The summed E-state index contributed by atoms with van der Waals surface area (Å²) in [5, 5.41) is 0.477. The number of carbonyl (C=O) groups is 1. The fraction of sp³-hybridized carbons (Fsp3) is 0.471. The van der Waals surface area contributed by atoms with Crippen molar-refractivity contribution in [3.05, 3.63) is 34.9 Å². The molecule has 0 bridgehead atoms. The molecule has 1 saturated heterocycles. The predicted octanol–water partition coefficient (Wildman–Crippen LogP) is 2.27. The van der Waals surface area contributed by atoms with Gasteiger partial charge < -0.3 is 10.6 Å². The lowest BCUT2D eigenvalue weighted by Gasteiger charge is -2.37. The topological polar surface area (TPSA) is 46.3 Å². The molecule has 112 valence electrons. The summed E-state index contributed by atoms with van der Waals surface area (Å²) in [5.41, 5.74) is 8.10. The molecule has 1 aromatic rings. The summed E-state index contributed by atoms with van der Waals surface area (Å²) < 4.78 is 0. The number of hydrogen-bond donors (Lipinski definition) is 1. The highest BCUT2D eigenvalue weighted by molar-refractivity contribution is 8.00. The average Bonchev–Trinajstić information content (AvgIpc) is 2.48. The van der Waals surface area contributed by atoms with Gasteiger partial charge in [0.15, 0.2) is 0 Å². The van der Waals surface area contributed by atoms with Gasteiger partial charge in [0.05, 0.1) is 6.54 Å². The summed E-state index contributed by atoms with van der Waals surface area (Å²) in [7, 11) is 0. The van der Waals surface area contributed by atoms with Crippen LogP contribution in [0.3, 0.4) is 0 Å². The molecule has 1 aliphatic heterocycles. The quantitative estimate of drug-likeness (QED) is 0.810. The van der Waals surface area contributed by atoms with Gasteiger partial charge in [-0.15, -0.1) is 0 Å². The van der Waals surface area contributed by atoms with Gasteiger partial charge in [-0.2, -0.15) is 11.8 Å². The number of amides is 1. The van der Waals surface area contributed by atoms with E-state index >= 15 is 0 Å². The SMILES string of the molecule is Cc1ccc(C(=O)N2CCSC(C)C2C)cc1C#CCN. The lowest BCUT2D eigenvalue weighted by molar-refractivity contribution is 0.0698. The minimum atomic E-state index is 0.102. The van der Waals surface area contributed by atoms with Crippen LogP contribution in [0.4, 0.5) is 0 Å². The molecule has 2 rings (SSSR count). The van der Waals surface area contributed by atoms with Gasteiger partial charge in [-0.1, -0.05) is 24.8 Å². The molecule has 0 radical (unpaired) electrons. The second-order valence-corrected chi connectivity index (χ2v) is 6.84. The van der Waals surface area contributed by atoms with Crippen LogP contribution in [0.15, 0.2) is 18.2 Å². The van der Waals surface area contributed by atoms with E-state index in [9.17, 15) is 4.79 Å². The van der Waals surface area contributed by atoms with Gasteiger partial charge in [0, 0.05) is 34.7 Å². The van der Waals surface area contributed by atoms with E-state index in [2.05, 4.69) is 25.7 Å². The fourth-order valence-electron chi connectivity index (χ4n) is 2.42. The van der Waals surface area contributed by atoms with Gasteiger partial charge in [0.25, 0.3) is 5.91 Å². The van der Waals surface area contributed by atoms with Crippen molar-refractivity contribution >= 4 is 17.7 Å². The van der Waals surface area contributed by atoms with E-state index in [1.807, 2.05) is 41.8 Å². The molecule has 1 fully saturated rings. The van der Waals surface area contributed by atoms with Crippen LogP contribution >= 0.6 is 11.8 Å². The third kappa shape index (κ3) is 3.61. The van der Waals surface area contributed by atoms with Crippen LogP contribution in [0.1, 0.15) is 35.3 Å². The lowest BCUT2D eigenvalue weighted by atomic mass is 10.0. The normalized spacial score (nSPS) is 21.6. The zero-order chi connectivity index (χ0) is 15.4. The molecule has 1 aromatic carbocycles. The van der Waals surface area contributed by atoms with Crippen molar-refractivity contribution in [1.82, 2.24) is 4.90 Å². The van der Waals surface area contributed by atoms with Crippen LogP contribution in [0.2, 0.25) is 0 Å². The third-order valence-corrected chi connectivity index (χ3v) is 5.29. The Hall–Kier alpha value is -1.44. The van der Waals surface area contributed by atoms with Crippen LogP contribution in [0.25, 0.3) is 0 Å². The van der Waals surface area contributed by atoms with Crippen molar-refractivity contribution in [2.75, 3.05) is 18.8 Å². The zero-order valence-corrected chi connectivity index (χ0v) is 13.7. The van der Waals surface area contributed by atoms with Gasteiger partial charge in [-0.05, 0) is 31.5 Å². The van der Waals surface area contributed by atoms with Crippen molar-refractivity contribution in [2.24, 2.45) is 5.73 Å². The fourth-order valence-corrected chi connectivity index (χ4v) is 3.52. The number of carbonyl (C=O) groups excluding carboxylic acids is 1. The average molecular weight is 302 g/mol. The van der Waals surface area contributed by atoms with Crippen LogP contribution in [0.5, 0.6) is 0 Å². The monoisotopic (exact) mass is 302 g/mol. The number of benzene rings is 1. The third-order valence-electron chi connectivity index (χ3n) is 3.95. The van der Waals surface area contributed by atoms with Gasteiger partial charge >= 0.3 is 0 Å². The van der Waals surface area contributed by atoms with E-state index in [1.54, 1.807) is 0 Å². The maximum Gasteiger partial charge on any atom is 0.254 e. The molecule has 0 aliphatic carbocycles. The lowest BCUT2D eigenvalue weighted by Crippen LogP contribution is -2.47. The second kappa shape index (κ2) is 7.02. The van der Waals surface area contributed by atoms with Gasteiger partial charge in [0.1, 0.15) is 0 Å². The van der Waals surface area contributed by atoms with Crippen molar-refractivity contribution in [2.45, 2.75) is 32.1 Å². The number of thioether (sulfide) groups is 1. The highest BCUT2D eigenvalue weighted by Crippen LogP contribution is 2.26. The molecule has 3 nitrogen and oxygen atoms in total. The van der Waals surface area contributed by atoms with Gasteiger partial charge in [-0.3, -0.25) is 4.79 Å². The molecule has 2 N–H and O–H groups in total. The van der Waals surface area contributed by atoms with Crippen molar-refractivity contribution in [1.29, 1.82) is 0 Å². The van der Waals surface area contributed by atoms with Crippen molar-refractivity contribution < 1.29 is 4.79 Å². The van der Waals surface area contributed by atoms with E-state index in [0.717, 1.165) is 23.4 Å². The Bertz CT molecular complexity index is 588. The van der Waals surface area contributed by atoms with E-state index < -0.39 is 0 Å². The molecular weight excluding hydrogens is 280 g/mol. The molecule has 1 aliphatic rings. The summed E-state index contributed by atoms with van der Waals surface area (Å²) >= 11 is 1.93. The smallest absolute Gasteiger partial charge is 0.254 e. The van der Waals surface area contributed by atoms with Crippen LogP contribution in [-0.2, 0) is 0 Å². The van der Waals surface area contributed by atoms with Crippen LogP contribution in [-0.4, -0.2) is 40.9 Å². The Labute approximate surface area is 131 Å². The first-order chi connectivity index (χ1) is 10.0. The molecule has 21 heavy (non-hydrogen) atoms. The second-order valence-electron chi connectivity index (χ2n) is 5.35. The highest BCUT2D eigenvalue weighted by Gasteiger charge is 2.29. The molecule has 1 amide bonds. The molecule has 2 unspecified atom stereocenters. The van der Waals surface area contributed by atoms with Gasteiger partial charge in [0.2, 0.25) is 0 Å². The molecule has 0 spiro atoms. The molecule has 4 heteroatoms. The van der Waals surface area contributed by atoms with Crippen molar-refractivity contribution in [3.63, 3.8) is 0 Å². The van der Waals surface area contributed by atoms with E-state index in [0.29, 0.717) is 17.4 Å². The first-order valence-corrected chi connectivity index (χ1v) is 8.31. The highest BCUT2D eigenvalue weighted by atomic mass is 32.2. The predicted molar refractivity (Wildman–Crippen MR) is 89.5 cm³/mol. The first kappa shape index (κ1) is 15.9. The standard InChI is InChI=1S/C17H22N2OS/c1-12-6-7-16(11-15(12)5-4-8-18)17(20)19-9-10-21-14(3)13(19)2/h6-7,11,13-14H,8-10,18H2,1-3H3. The minimum absolute atomic E-state index is 0.102. The van der Waals surface area contributed by atoms with Crippen molar-refractivity contribution in [3.8, 4) is 11.8 Å². The first-order valence-electron chi connectivity index (χ1n) is 7.26. The Balaban J connectivity index is 2.27. The maximum atomic E-state index is 12.7. The number of nitrogens with two attached hydrogens (primary N) is 1. The Morgan fingerprint density at radius 1 is 1.48 bits per heavy atom. The molecule has 1 heterocycles. The Kier molecular flexibility index (Phi) is 5.33. The maximum absolute atomic E-state index is 12.7. The Morgan fingerprint density at radius 3 is 2.95 bits per heavy atom. The number of nitrogens with zero attached hydrogens (tertiary/aromatic N) is 1. The summed E-state index contributed by atoms with van der Waals surface area (Å²) in [6.45, 7) is 7.44. The molecule has 0 saturated carbocycles. The summed E-state index contributed by atoms with van der Waals surface area (Å²) in [6, 6.07) is 6.00. The molecular formula is C17H22N2OS. The van der Waals surface area contributed by atoms with E-state index in [1.165, 1.54) is 0 Å². The van der Waals surface area contributed by atoms with E-state index in [4.69, 9.17) is 5.73 Å². The summed E-state index contributed by atoms with van der Waals surface area (Å²) in [4.78, 5) is 14.7. The van der Waals surface area contributed by atoms with Crippen LogP contribution < -0.4 is 5.73 Å².